The number of methoxy groups -OCH3 is 1. The largest absolute Gasteiger partial charge is 0.496 e. The molecule has 0 radical (unpaired) electrons. The lowest BCUT2D eigenvalue weighted by Crippen LogP contribution is -1.91. The summed E-state index contributed by atoms with van der Waals surface area (Å²) in [5.74, 6) is 1.35. The van der Waals surface area contributed by atoms with E-state index in [1.54, 1.807) is 7.11 Å². The molecule has 0 aliphatic heterocycles. The number of carbonyl (C=O) groups excluding carboxylic acids is 1. The van der Waals surface area contributed by atoms with Crippen LogP contribution in [0.1, 0.15) is 34.7 Å². The molecule has 2 rings (SSSR count). The van der Waals surface area contributed by atoms with Crippen LogP contribution in [0.3, 0.4) is 0 Å². The zero-order chi connectivity index (χ0) is 9.26. The van der Waals surface area contributed by atoms with Gasteiger partial charge in [-0.3, -0.25) is 4.79 Å². The van der Waals surface area contributed by atoms with Gasteiger partial charge in [-0.25, -0.2) is 0 Å². The zero-order valence-corrected chi connectivity index (χ0v) is 7.62. The van der Waals surface area contributed by atoms with E-state index in [-0.39, 0.29) is 0 Å². The predicted octanol–water partition coefficient (Wildman–Crippen LogP) is 2.39. The molecule has 0 amide bonds. The van der Waals surface area contributed by atoms with Crippen LogP contribution in [0.25, 0.3) is 0 Å². The summed E-state index contributed by atoms with van der Waals surface area (Å²) in [6.45, 7) is 0. The summed E-state index contributed by atoms with van der Waals surface area (Å²) in [5.41, 5.74) is 1.93. The highest BCUT2D eigenvalue weighted by molar-refractivity contribution is 5.79. The van der Waals surface area contributed by atoms with Crippen molar-refractivity contribution in [2.75, 3.05) is 7.11 Å². The Morgan fingerprint density at radius 1 is 1.46 bits per heavy atom. The van der Waals surface area contributed by atoms with Crippen molar-refractivity contribution >= 4 is 6.29 Å². The van der Waals surface area contributed by atoms with Crippen molar-refractivity contribution in [2.24, 2.45) is 0 Å². The smallest absolute Gasteiger partial charge is 0.153 e. The van der Waals surface area contributed by atoms with Gasteiger partial charge in [0.1, 0.15) is 5.75 Å². The molecule has 1 fully saturated rings. The van der Waals surface area contributed by atoms with Crippen LogP contribution in [0.15, 0.2) is 18.2 Å². The molecule has 1 saturated carbocycles. The van der Waals surface area contributed by atoms with Crippen molar-refractivity contribution in [1.29, 1.82) is 0 Å². The van der Waals surface area contributed by atoms with E-state index in [4.69, 9.17) is 4.74 Å². The van der Waals surface area contributed by atoms with Crippen molar-refractivity contribution in [3.63, 3.8) is 0 Å². The molecule has 1 aliphatic carbocycles. The Kier molecular flexibility index (Phi) is 2.05. The van der Waals surface area contributed by atoms with Crippen molar-refractivity contribution < 1.29 is 9.53 Å². The fourth-order valence-electron chi connectivity index (χ4n) is 1.52. The second-order valence-electron chi connectivity index (χ2n) is 3.39. The Morgan fingerprint density at radius 2 is 2.23 bits per heavy atom. The third-order valence-electron chi connectivity index (χ3n) is 2.43. The maximum absolute atomic E-state index is 10.7. The average molecular weight is 176 g/mol. The average Bonchev–Trinajstić information content (AvgIpc) is 3.00. The van der Waals surface area contributed by atoms with E-state index < -0.39 is 0 Å². The molecule has 0 saturated heterocycles. The monoisotopic (exact) mass is 176 g/mol. The number of hydrogen-bond donors (Lipinski definition) is 0. The van der Waals surface area contributed by atoms with Crippen molar-refractivity contribution in [3.05, 3.63) is 29.3 Å². The number of benzene rings is 1. The molecule has 2 nitrogen and oxygen atoms in total. The minimum absolute atomic E-state index is 0.659. The van der Waals surface area contributed by atoms with Crippen LogP contribution >= 0.6 is 0 Å². The van der Waals surface area contributed by atoms with Gasteiger partial charge in [0.15, 0.2) is 6.29 Å². The van der Waals surface area contributed by atoms with Gasteiger partial charge in [0.25, 0.3) is 0 Å². The van der Waals surface area contributed by atoms with Gasteiger partial charge in [0.2, 0.25) is 0 Å². The molecule has 13 heavy (non-hydrogen) atoms. The molecule has 0 bridgehead atoms. The van der Waals surface area contributed by atoms with Crippen molar-refractivity contribution in [3.8, 4) is 5.75 Å². The van der Waals surface area contributed by atoms with Crippen LogP contribution in [0.5, 0.6) is 5.75 Å². The summed E-state index contributed by atoms with van der Waals surface area (Å²) in [4.78, 5) is 10.7. The van der Waals surface area contributed by atoms with Gasteiger partial charge in [-0.1, -0.05) is 6.07 Å². The molecule has 1 aromatic carbocycles. The quantitative estimate of drug-likeness (QED) is 0.661. The van der Waals surface area contributed by atoms with Crippen molar-refractivity contribution in [2.45, 2.75) is 18.8 Å². The second-order valence-corrected chi connectivity index (χ2v) is 3.39. The summed E-state index contributed by atoms with van der Waals surface area (Å²) < 4.78 is 5.06. The molecule has 0 atom stereocenters. The maximum atomic E-state index is 10.7. The van der Waals surface area contributed by atoms with Crippen LogP contribution in [0.4, 0.5) is 0 Å². The van der Waals surface area contributed by atoms with E-state index in [1.807, 2.05) is 18.2 Å². The molecule has 0 heterocycles. The van der Waals surface area contributed by atoms with Crippen LogP contribution in [-0.4, -0.2) is 13.4 Å². The lowest BCUT2D eigenvalue weighted by molar-refractivity contribution is 0.112. The molecule has 68 valence electrons. The first kappa shape index (κ1) is 8.30. The Hall–Kier alpha value is -1.31. The number of rotatable bonds is 3. The van der Waals surface area contributed by atoms with Gasteiger partial charge in [-0.2, -0.15) is 0 Å². The lowest BCUT2D eigenvalue weighted by atomic mass is 10.1. The number of hydrogen-bond acceptors (Lipinski definition) is 2. The summed E-state index contributed by atoms with van der Waals surface area (Å²) in [6, 6.07) is 5.85. The molecule has 0 N–H and O–H groups in total. The minimum Gasteiger partial charge on any atom is -0.496 e. The van der Waals surface area contributed by atoms with E-state index in [2.05, 4.69) is 0 Å². The molecule has 2 heteroatoms. The van der Waals surface area contributed by atoms with Crippen molar-refractivity contribution in [1.82, 2.24) is 0 Å². The normalized spacial score (nSPS) is 15.5. The van der Waals surface area contributed by atoms with Gasteiger partial charge in [-0.05, 0) is 36.5 Å². The predicted molar refractivity (Wildman–Crippen MR) is 50.4 cm³/mol. The summed E-state index contributed by atoms with van der Waals surface area (Å²) in [6.07, 6.45) is 3.36. The van der Waals surface area contributed by atoms with Gasteiger partial charge < -0.3 is 4.74 Å². The number of aldehydes is 1. The first-order valence-electron chi connectivity index (χ1n) is 4.48. The molecule has 0 unspecified atom stereocenters. The van der Waals surface area contributed by atoms with E-state index in [0.29, 0.717) is 17.2 Å². The highest BCUT2D eigenvalue weighted by Gasteiger charge is 2.23. The van der Waals surface area contributed by atoms with E-state index in [9.17, 15) is 4.79 Å². The molecular weight excluding hydrogens is 164 g/mol. The highest BCUT2D eigenvalue weighted by atomic mass is 16.5. The Morgan fingerprint density at radius 3 is 2.77 bits per heavy atom. The van der Waals surface area contributed by atoms with Crippen LogP contribution < -0.4 is 4.74 Å². The Labute approximate surface area is 77.5 Å². The summed E-state index contributed by atoms with van der Waals surface area (Å²) in [5, 5.41) is 0. The minimum atomic E-state index is 0.659. The van der Waals surface area contributed by atoms with E-state index >= 15 is 0 Å². The van der Waals surface area contributed by atoms with Crippen LogP contribution in [0, 0.1) is 0 Å². The fourth-order valence-corrected chi connectivity index (χ4v) is 1.52. The van der Waals surface area contributed by atoms with Gasteiger partial charge in [0.05, 0.1) is 12.7 Å². The van der Waals surface area contributed by atoms with Gasteiger partial charge in [-0.15, -0.1) is 0 Å². The van der Waals surface area contributed by atoms with Gasteiger partial charge >= 0.3 is 0 Å². The second kappa shape index (κ2) is 3.21. The van der Waals surface area contributed by atoms with E-state index in [1.165, 1.54) is 18.4 Å². The summed E-state index contributed by atoms with van der Waals surface area (Å²) >= 11 is 0. The zero-order valence-electron chi connectivity index (χ0n) is 7.62. The van der Waals surface area contributed by atoms with E-state index in [0.717, 1.165) is 6.29 Å². The SMILES string of the molecule is COc1ccc(C2CC2)cc1C=O. The third-order valence-corrected chi connectivity index (χ3v) is 2.43. The van der Waals surface area contributed by atoms with Crippen LogP contribution in [-0.2, 0) is 0 Å². The van der Waals surface area contributed by atoms with Gasteiger partial charge in [0, 0.05) is 0 Å². The first-order chi connectivity index (χ1) is 6.35. The molecule has 0 spiro atoms. The van der Waals surface area contributed by atoms with Crippen LogP contribution in [0.2, 0.25) is 0 Å². The summed E-state index contributed by atoms with van der Waals surface area (Å²) in [7, 11) is 1.58. The third kappa shape index (κ3) is 1.57. The molecule has 1 aromatic rings. The molecular formula is C11H12O2. The number of carbonyl (C=O) groups is 1. The number of ether oxygens (including phenoxy) is 1. The standard InChI is InChI=1S/C11H12O2/c1-13-11-5-4-9(8-2-3-8)6-10(11)7-12/h4-8H,2-3H2,1H3. The fraction of sp³-hybridized carbons (Fsp3) is 0.364. The molecule has 0 aromatic heterocycles. The Balaban J connectivity index is 2.36. The highest BCUT2D eigenvalue weighted by Crippen LogP contribution is 2.41. The molecule has 1 aliphatic rings. The lowest BCUT2D eigenvalue weighted by Gasteiger charge is -2.05. The topological polar surface area (TPSA) is 26.3 Å². The first-order valence-corrected chi connectivity index (χ1v) is 4.48. The Bertz CT molecular complexity index is 327. The maximum Gasteiger partial charge on any atom is 0.153 e.